The molecule has 2 aromatic heterocycles. The number of rotatable bonds is 5. The smallest absolute Gasteiger partial charge is 0.257 e. The molecule has 1 saturated carbocycles. The summed E-state index contributed by atoms with van der Waals surface area (Å²) < 4.78 is 15.5. The summed E-state index contributed by atoms with van der Waals surface area (Å²) in [6.45, 7) is 4.39. The van der Waals surface area contributed by atoms with Crippen molar-refractivity contribution in [3.05, 3.63) is 54.0 Å². The van der Waals surface area contributed by atoms with E-state index in [9.17, 15) is 9.18 Å². The molecule has 1 aliphatic heterocycles. The van der Waals surface area contributed by atoms with E-state index < -0.39 is 0 Å². The van der Waals surface area contributed by atoms with Crippen LogP contribution in [0.3, 0.4) is 0 Å². The molecule has 0 radical (unpaired) electrons. The summed E-state index contributed by atoms with van der Waals surface area (Å²) in [7, 11) is 0. The lowest BCUT2D eigenvalue weighted by Gasteiger charge is -2.42. The van der Waals surface area contributed by atoms with Crippen LogP contribution in [-0.2, 0) is 6.54 Å². The van der Waals surface area contributed by atoms with Crippen LogP contribution in [0.4, 0.5) is 4.39 Å². The molecule has 3 heterocycles. The first-order valence-electron chi connectivity index (χ1n) is 10.6. The Morgan fingerprint density at radius 3 is 2.80 bits per heavy atom. The van der Waals surface area contributed by atoms with Crippen molar-refractivity contribution in [3.63, 3.8) is 0 Å². The third-order valence-corrected chi connectivity index (χ3v) is 6.71. The maximum Gasteiger partial charge on any atom is 0.257 e. The van der Waals surface area contributed by atoms with Crippen LogP contribution in [0.5, 0.6) is 0 Å². The first-order chi connectivity index (χ1) is 14.6. The zero-order valence-corrected chi connectivity index (χ0v) is 17.0. The van der Waals surface area contributed by atoms with Crippen molar-refractivity contribution < 1.29 is 9.18 Å². The van der Waals surface area contributed by atoms with Crippen LogP contribution in [0, 0.1) is 11.2 Å². The summed E-state index contributed by atoms with van der Waals surface area (Å²) in [5.41, 5.74) is 1.98. The van der Waals surface area contributed by atoms with Crippen molar-refractivity contribution >= 4 is 5.91 Å². The van der Waals surface area contributed by atoms with Gasteiger partial charge >= 0.3 is 0 Å². The highest BCUT2D eigenvalue weighted by atomic mass is 19.1. The Morgan fingerprint density at radius 1 is 1.30 bits per heavy atom. The minimum absolute atomic E-state index is 0.0431. The highest BCUT2D eigenvalue weighted by molar-refractivity contribution is 6.00. The van der Waals surface area contributed by atoms with Gasteiger partial charge in [0.1, 0.15) is 18.0 Å². The van der Waals surface area contributed by atoms with Crippen molar-refractivity contribution in [2.24, 2.45) is 5.41 Å². The van der Waals surface area contributed by atoms with Gasteiger partial charge in [-0.25, -0.2) is 4.39 Å². The summed E-state index contributed by atoms with van der Waals surface area (Å²) in [6.07, 6.45) is 7.80. The van der Waals surface area contributed by atoms with Gasteiger partial charge in [-0.15, -0.1) is 10.2 Å². The van der Waals surface area contributed by atoms with E-state index in [1.54, 1.807) is 24.7 Å². The third-order valence-electron chi connectivity index (χ3n) is 6.71. The van der Waals surface area contributed by atoms with Crippen LogP contribution in [0.1, 0.15) is 54.7 Å². The number of aromatic nitrogens is 5. The largest absolute Gasteiger partial charge is 0.337 e. The van der Waals surface area contributed by atoms with Crippen molar-refractivity contribution in [2.75, 3.05) is 13.1 Å². The molecular weight excluding hydrogens is 383 g/mol. The molecule has 1 spiro atoms. The second kappa shape index (κ2) is 7.34. The van der Waals surface area contributed by atoms with Crippen LogP contribution in [-0.4, -0.2) is 48.9 Å². The molecule has 1 unspecified atom stereocenters. The number of H-pyrrole nitrogens is 1. The number of halogens is 1. The van der Waals surface area contributed by atoms with Gasteiger partial charge in [0.25, 0.3) is 5.91 Å². The van der Waals surface area contributed by atoms with Crippen LogP contribution in [0.2, 0.25) is 0 Å². The zero-order chi connectivity index (χ0) is 20.7. The number of carbonyl (C=O) groups is 1. The Morgan fingerprint density at radius 2 is 2.10 bits per heavy atom. The Kier molecular flexibility index (Phi) is 4.64. The molecule has 0 bridgehead atoms. The summed E-state index contributed by atoms with van der Waals surface area (Å²) in [5, 5.41) is 15.6. The molecule has 1 aromatic carbocycles. The fourth-order valence-electron chi connectivity index (χ4n) is 5.02. The van der Waals surface area contributed by atoms with E-state index in [0.717, 1.165) is 43.7 Å². The Bertz CT molecular complexity index is 1050. The Balaban J connectivity index is 1.43. The number of benzene rings is 1. The normalized spacial score (nSPS) is 19.9. The number of hydrogen-bond donors (Lipinski definition) is 1. The molecular formula is C22H25FN6O. The first-order valence-corrected chi connectivity index (χ1v) is 10.6. The summed E-state index contributed by atoms with van der Waals surface area (Å²) in [4.78, 5) is 15.4. The number of carbonyl (C=O) groups excluding carboxylic acids is 1. The Labute approximate surface area is 174 Å². The molecule has 1 saturated heterocycles. The van der Waals surface area contributed by atoms with Crippen molar-refractivity contribution in [2.45, 2.75) is 45.1 Å². The van der Waals surface area contributed by atoms with Crippen LogP contribution >= 0.6 is 0 Å². The summed E-state index contributed by atoms with van der Waals surface area (Å²) in [6, 6.07) is 6.10. The number of hydrogen-bond acceptors (Lipinski definition) is 4. The van der Waals surface area contributed by atoms with Gasteiger partial charge < -0.3 is 9.47 Å². The van der Waals surface area contributed by atoms with E-state index in [4.69, 9.17) is 0 Å². The maximum atomic E-state index is 13.5. The molecule has 8 heteroatoms. The molecule has 7 nitrogen and oxygen atoms in total. The minimum atomic E-state index is -0.309. The average molecular weight is 408 g/mol. The van der Waals surface area contributed by atoms with Gasteiger partial charge in [0.05, 0.1) is 17.5 Å². The van der Waals surface area contributed by atoms with E-state index in [1.165, 1.54) is 18.6 Å². The molecule has 1 N–H and O–H groups in total. The second-order valence-electron chi connectivity index (χ2n) is 8.50. The van der Waals surface area contributed by atoms with Gasteiger partial charge in [-0.3, -0.25) is 9.89 Å². The standard InChI is InChI=1S/C22H25FN6O/c1-2-10-28-14-25-27-20(28)18-12-29(13-22(18)8-3-9-22)21(30)17-11-24-26-19(17)15-4-6-16(23)7-5-15/h4-7,11,14,18H,2-3,8-10,12-13H2,1H3,(H,24,26). The maximum absolute atomic E-state index is 13.5. The fourth-order valence-corrected chi connectivity index (χ4v) is 5.02. The third kappa shape index (κ3) is 3.02. The van der Waals surface area contributed by atoms with Crippen LogP contribution < -0.4 is 0 Å². The van der Waals surface area contributed by atoms with Crippen molar-refractivity contribution in [3.8, 4) is 11.3 Å². The summed E-state index contributed by atoms with van der Waals surface area (Å²) >= 11 is 0. The van der Waals surface area contributed by atoms with Crippen molar-refractivity contribution in [1.82, 2.24) is 29.9 Å². The average Bonchev–Trinajstić information content (AvgIpc) is 3.45. The Hall–Kier alpha value is -3.03. The quantitative estimate of drug-likeness (QED) is 0.699. The molecule has 1 aliphatic carbocycles. The van der Waals surface area contributed by atoms with Crippen LogP contribution in [0.25, 0.3) is 11.3 Å². The van der Waals surface area contributed by atoms with Gasteiger partial charge in [0.2, 0.25) is 0 Å². The van der Waals surface area contributed by atoms with E-state index in [2.05, 4.69) is 31.9 Å². The highest BCUT2D eigenvalue weighted by Crippen LogP contribution is 2.55. The van der Waals surface area contributed by atoms with Gasteiger partial charge in [0.15, 0.2) is 0 Å². The molecule has 156 valence electrons. The number of nitrogens with zero attached hydrogens (tertiary/aromatic N) is 5. The number of amides is 1. The van der Waals surface area contributed by atoms with E-state index in [0.29, 0.717) is 17.8 Å². The molecule has 2 aliphatic rings. The van der Waals surface area contributed by atoms with Gasteiger partial charge in [-0.05, 0) is 48.9 Å². The SMILES string of the molecule is CCCn1cnnc1C1CN(C(=O)c2cn[nH]c2-c2ccc(F)cc2)CC12CCC2. The first kappa shape index (κ1) is 19.0. The molecule has 2 fully saturated rings. The van der Waals surface area contributed by atoms with Gasteiger partial charge in [-0.2, -0.15) is 5.10 Å². The zero-order valence-electron chi connectivity index (χ0n) is 17.0. The highest BCUT2D eigenvalue weighted by Gasteiger charge is 2.53. The fraction of sp³-hybridized carbons (Fsp3) is 0.455. The lowest BCUT2D eigenvalue weighted by Crippen LogP contribution is -2.38. The monoisotopic (exact) mass is 408 g/mol. The molecule has 30 heavy (non-hydrogen) atoms. The lowest BCUT2D eigenvalue weighted by atomic mass is 9.62. The molecule has 1 amide bonds. The molecule has 1 atom stereocenters. The minimum Gasteiger partial charge on any atom is -0.337 e. The van der Waals surface area contributed by atoms with Crippen molar-refractivity contribution in [1.29, 1.82) is 0 Å². The predicted octanol–water partition coefficient (Wildman–Crippen LogP) is 3.63. The second-order valence-corrected chi connectivity index (χ2v) is 8.50. The topological polar surface area (TPSA) is 79.7 Å². The number of likely N-dealkylation sites (tertiary alicyclic amines) is 1. The molecule has 5 rings (SSSR count). The molecule has 3 aromatic rings. The lowest BCUT2D eigenvalue weighted by molar-refractivity contribution is 0.0724. The number of aromatic amines is 1. The predicted molar refractivity (Wildman–Crippen MR) is 109 cm³/mol. The number of nitrogens with one attached hydrogen (secondary N) is 1. The van der Waals surface area contributed by atoms with E-state index in [-0.39, 0.29) is 23.1 Å². The summed E-state index contributed by atoms with van der Waals surface area (Å²) in [5.74, 6) is 0.846. The van der Waals surface area contributed by atoms with Crippen LogP contribution in [0.15, 0.2) is 36.8 Å². The van der Waals surface area contributed by atoms with E-state index >= 15 is 0 Å². The van der Waals surface area contributed by atoms with E-state index in [1.807, 2.05) is 4.90 Å². The number of aryl methyl sites for hydroxylation is 1. The van der Waals surface area contributed by atoms with Gasteiger partial charge in [0, 0.05) is 31.1 Å². The van der Waals surface area contributed by atoms with Gasteiger partial charge in [-0.1, -0.05) is 13.3 Å².